The highest BCUT2D eigenvalue weighted by atomic mass is 15.1. The van der Waals surface area contributed by atoms with E-state index in [2.05, 4.69) is 11.5 Å². The second kappa shape index (κ2) is 8.79. The van der Waals surface area contributed by atoms with E-state index in [1.807, 2.05) is 19.9 Å². The third-order valence-electron chi connectivity index (χ3n) is 2.10. The summed E-state index contributed by atoms with van der Waals surface area (Å²) in [5.74, 6) is 0. The first-order valence-electron chi connectivity index (χ1n) is 5.27. The summed E-state index contributed by atoms with van der Waals surface area (Å²) in [7, 11) is 0. The molecule has 0 aromatic rings. The maximum absolute atomic E-state index is 3.72. The molecule has 0 aliphatic carbocycles. The maximum Gasteiger partial charge on any atom is 0.00158 e. The predicted molar refractivity (Wildman–Crippen MR) is 56.5 cm³/mol. The Balaban J connectivity index is 0.000000561. The molecule has 0 saturated carbocycles. The molecule has 1 heterocycles. The van der Waals surface area contributed by atoms with Crippen LogP contribution in [0.1, 0.15) is 39.5 Å². The van der Waals surface area contributed by atoms with Crippen molar-refractivity contribution in [3.63, 3.8) is 0 Å². The Hall–Kier alpha value is -0.300. The van der Waals surface area contributed by atoms with Crippen molar-refractivity contribution in [3.05, 3.63) is 12.7 Å². The maximum atomic E-state index is 3.72. The van der Waals surface area contributed by atoms with Gasteiger partial charge in [-0.15, -0.1) is 6.58 Å². The lowest BCUT2D eigenvalue weighted by Crippen LogP contribution is -2.30. The number of likely N-dealkylation sites (tertiary alicyclic amines) is 1. The van der Waals surface area contributed by atoms with Crippen LogP contribution in [0.25, 0.3) is 0 Å². The first-order chi connectivity index (χ1) is 5.93. The van der Waals surface area contributed by atoms with Crippen LogP contribution in [0, 0.1) is 0 Å². The number of hydrogen-bond acceptors (Lipinski definition) is 1. The number of rotatable bonds is 3. The van der Waals surface area contributed by atoms with E-state index in [9.17, 15) is 0 Å². The van der Waals surface area contributed by atoms with Gasteiger partial charge in [-0.2, -0.15) is 0 Å². The van der Waals surface area contributed by atoms with Crippen molar-refractivity contribution in [3.8, 4) is 0 Å². The average Bonchev–Trinajstić information content (AvgIpc) is 2.19. The Bertz CT molecular complexity index is 93.2. The predicted octanol–water partition coefficient (Wildman–Crippen LogP) is 3.07. The van der Waals surface area contributed by atoms with Gasteiger partial charge in [0.2, 0.25) is 0 Å². The van der Waals surface area contributed by atoms with Crippen LogP contribution in [0.3, 0.4) is 0 Å². The zero-order valence-electron chi connectivity index (χ0n) is 8.68. The van der Waals surface area contributed by atoms with E-state index >= 15 is 0 Å². The Morgan fingerprint density at radius 1 is 1.17 bits per heavy atom. The minimum atomic E-state index is 1.15. The van der Waals surface area contributed by atoms with Gasteiger partial charge in [0.15, 0.2) is 0 Å². The normalized spacial score (nSPS) is 17.8. The molecule has 1 fully saturated rings. The van der Waals surface area contributed by atoms with Crippen molar-refractivity contribution >= 4 is 0 Å². The second-order valence-electron chi connectivity index (χ2n) is 2.98. The van der Waals surface area contributed by atoms with Crippen molar-refractivity contribution < 1.29 is 0 Å². The summed E-state index contributed by atoms with van der Waals surface area (Å²) in [5, 5.41) is 0. The third-order valence-corrected chi connectivity index (χ3v) is 2.10. The highest BCUT2D eigenvalue weighted by Gasteiger charge is 2.07. The molecule has 0 aromatic heterocycles. The summed E-state index contributed by atoms with van der Waals surface area (Å²) in [6.45, 7) is 11.6. The molecule has 0 amide bonds. The molecular weight excluding hydrogens is 146 g/mol. The number of hydrogen-bond donors (Lipinski definition) is 0. The molecule has 1 nitrogen and oxygen atoms in total. The first kappa shape index (κ1) is 11.7. The summed E-state index contributed by atoms with van der Waals surface area (Å²) in [6, 6.07) is 0. The summed E-state index contributed by atoms with van der Waals surface area (Å²) in [4.78, 5) is 2.53. The molecule has 0 atom stereocenters. The minimum Gasteiger partial charge on any atom is -0.303 e. The lowest BCUT2D eigenvalue weighted by molar-refractivity contribution is 0.233. The summed E-state index contributed by atoms with van der Waals surface area (Å²) < 4.78 is 0. The van der Waals surface area contributed by atoms with E-state index in [1.165, 1.54) is 38.9 Å². The summed E-state index contributed by atoms with van der Waals surface area (Å²) in [5.41, 5.74) is 0. The van der Waals surface area contributed by atoms with E-state index in [4.69, 9.17) is 0 Å². The van der Waals surface area contributed by atoms with Gasteiger partial charge in [0.05, 0.1) is 0 Å². The highest BCUT2D eigenvalue weighted by Crippen LogP contribution is 2.08. The second-order valence-corrected chi connectivity index (χ2v) is 2.98. The molecular formula is C11H23N. The molecule has 0 aromatic carbocycles. The molecule has 0 bridgehead atoms. The SMILES string of the molecule is C=CCCN1CCCCC1.CC. The Kier molecular flexibility index (Phi) is 8.57. The molecule has 1 heteroatoms. The summed E-state index contributed by atoms with van der Waals surface area (Å²) in [6.07, 6.45) is 7.40. The van der Waals surface area contributed by atoms with Crippen LogP contribution in [-0.2, 0) is 0 Å². The molecule has 1 aliphatic rings. The average molecular weight is 169 g/mol. The van der Waals surface area contributed by atoms with Crippen LogP contribution in [0.2, 0.25) is 0 Å². The monoisotopic (exact) mass is 169 g/mol. The van der Waals surface area contributed by atoms with Crippen LogP contribution in [0.4, 0.5) is 0 Å². The fraction of sp³-hybridized carbons (Fsp3) is 0.818. The lowest BCUT2D eigenvalue weighted by atomic mass is 10.1. The van der Waals surface area contributed by atoms with E-state index in [1.54, 1.807) is 0 Å². The topological polar surface area (TPSA) is 3.24 Å². The third kappa shape index (κ3) is 5.36. The van der Waals surface area contributed by atoms with Gasteiger partial charge in [-0.25, -0.2) is 0 Å². The van der Waals surface area contributed by atoms with Crippen molar-refractivity contribution in [2.75, 3.05) is 19.6 Å². The first-order valence-corrected chi connectivity index (χ1v) is 5.27. The Morgan fingerprint density at radius 3 is 2.25 bits per heavy atom. The number of piperidine rings is 1. The largest absolute Gasteiger partial charge is 0.303 e. The lowest BCUT2D eigenvalue weighted by Gasteiger charge is -2.25. The molecule has 1 aliphatic heterocycles. The van der Waals surface area contributed by atoms with E-state index < -0.39 is 0 Å². The van der Waals surface area contributed by atoms with Crippen LogP contribution in [-0.4, -0.2) is 24.5 Å². The van der Waals surface area contributed by atoms with Crippen LogP contribution >= 0.6 is 0 Å². The van der Waals surface area contributed by atoms with Gasteiger partial charge < -0.3 is 4.90 Å². The Morgan fingerprint density at radius 2 is 1.75 bits per heavy atom. The van der Waals surface area contributed by atoms with E-state index in [0.717, 1.165) is 6.42 Å². The standard InChI is InChI=1S/C9H17N.C2H6/c1-2-3-7-10-8-5-4-6-9-10;1-2/h2H,1,3-9H2;1-2H3. The molecule has 0 unspecified atom stereocenters. The fourth-order valence-electron chi connectivity index (χ4n) is 1.46. The van der Waals surface area contributed by atoms with Gasteiger partial charge >= 0.3 is 0 Å². The van der Waals surface area contributed by atoms with E-state index in [-0.39, 0.29) is 0 Å². The van der Waals surface area contributed by atoms with Crippen molar-refractivity contribution in [2.24, 2.45) is 0 Å². The number of nitrogens with zero attached hydrogens (tertiary/aromatic N) is 1. The molecule has 0 N–H and O–H groups in total. The van der Waals surface area contributed by atoms with E-state index in [0.29, 0.717) is 0 Å². The van der Waals surface area contributed by atoms with Crippen LogP contribution in [0.15, 0.2) is 12.7 Å². The van der Waals surface area contributed by atoms with Crippen molar-refractivity contribution in [2.45, 2.75) is 39.5 Å². The molecule has 1 saturated heterocycles. The molecule has 72 valence electrons. The van der Waals surface area contributed by atoms with Gasteiger partial charge in [-0.05, 0) is 32.4 Å². The van der Waals surface area contributed by atoms with Crippen LogP contribution in [0.5, 0.6) is 0 Å². The van der Waals surface area contributed by atoms with Gasteiger partial charge in [0, 0.05) is 6.54 Å². The van der Waals surface area contributed by atoms with Crippen molar-refractivity contribution in [1.29, 1.82) is 0 Å². The molecule has 1 rings (SSSR count). The fourth-order valence-corrected chi connectivity index (χ4v) is 1.46. The van der Waals surface area contributed by atoms with Gasteiger partial charge in [-0.3, -0.25) is 0 Å². The van der Waals surface area contributed by atoms with Crippen LogP contribution < -0.4 is 0 Å². The highest BCUT2D eigenvalue weighted by molar-refractivity contribution is 4.71. The zero-order valence-corrected chi connectivity index (χ0v) is 8.68. The quantitative estimate of drug-likeness (QED) is 0.587. The minimum absolute atomic E-state index is 1.15. The Labute approximate surface area is 77.5 Å². The van der Waals surface area contributed by atoms with Crippen molar-refractivity contribution in [1.82, 2.24) is 4.90 Å². The van der Waals surface area contributed by atoms with Gasteiger partial charge in [0.1, 0.15) is 0 Å². The molecule has 0 spiro atoms. The molecule has 0 radical (unpaired) electrons. The smallest absolute Gasteiger partial charge is 0.00158 e. The van der Waals surface area contributed by atoms with Gasteiger partial charge in [0.25, 0.3) is 0 Å². The summed E-state index contributed by atoms with van der Waals surface area (Å²) >= 11 is 0. The molecule has 12 heavy (non-hydrogen) atoms. The zero-order chi connectivity index (χ0) is 9.23. The van der Waals surface area contributed by atoms with Gasteiger partial charge in [-0.1, -0.05) is 26.3 Å².